The maximum Gasteiger partial charge on any atom is 0.0701 e. The summed E-state index contributed by atoms with van der Waals surface area (Å²) in [6.07, 6.45) is 1.83. The van der Waals surface area contributed by atoms with Gasteiger partial charge in [0.25, 0.3) is 0 Å². The van der Waals surface area contributed by atoms with Crippen LogP contribution in [0, 0.1) is 0 Å². The number of benzene rings is 3. The fourth-order valence-corrected chi connectivity index (χ4v) is 3.38. The fraction of sp³-hybridized carbons (Fsp3) is 0.148. The second kappa shape index (κ2) is 7.44. The SMILES string of the molecule is CC(C)(C)c1ccc(-c2ccc(-c3ccc(-c4ccccn4)cc3)cc2)cc1. The summed E-state index contributed by atoms with van der Waals surface area (Å²) < 4.78 is 0. The molecule has 3 aromatic carbocycles. The van der Waals surface area contributed by atoms with Gasteiger partial charge in [-0.3, -0.25) is 4.98 Å². The summed E-state index contributed by atoms with van der Waals surface area (Å²) in [5, 5.41) is 0. The smallest absolute Gasteiger partial charge is 0.0701 e. The Bertz CT molecular complexity index is 1040. The van der Waals surface area contributed by atoms with Gasteiger partial charge in [-0.2, -0.15) is 0 Å². The van der Waals surface area contributed by atoms with Crippen molar-refractivity contribution in [3.8, 4) is 33.5 Å². The third-order valence-electron chi connectivity index (χ3n) is 5.15. The van der Waals surface area contributed by atoms with Crippen LogP contribution >= 0.6 is 0 Å². The highest BCUT2D eigenvalue weighted by Gasteiger charge is 2.13. The van der Waals surface area contributed by atoms with Gasteiger partial charge in [0.15, 0.2) is 0 Å². The van der Waals surface area contributed by atoms with E-state index in [9.17, 15) is 0 Å². The molecule has 1 nitrogen and oxygen atoms in total. The molecule has 0 fully saturated rings. The molecule has 1 aromatic heterocycles. The third-order valence-corrected chi connectivity index (χ3v) is 5.15. The van der Waals surface area contributed by atoms with Crippen molar-refractivity contribution < 1.29 is 0 Å². The molecule has 0 aliphatic rings. The molecular weight excluding hydrogens is 338 g/mol. The van der Waals surface area contributed by atoms with Crippen molar-refractivity contribution >= 4 is 0 Å². The maximum absolute atomic E-state index is 4.42. The molecule has 0 unspecified atom stereocenters. The topological polar surface area (TPSA) is 12.9 Å². The highest BCUT2D eigenvalue weighted by molar-refractivity contribution is 5.72. The van der Waals surface area contributed by atoms with Crippen LogP contribution in [0.15, 0.2) is 97.2 Å². The molecule has 1 heteroatoms. The number of rotatable bonds is 3. The van der Waals surface area contributed by atoms with Gasteiger partial charge in [-0.1, -0.05) is 99.6 Å². The van der Waals surface area contributed by atoms with Crippen molar-refractivity contribution in [3.05, 3.63) is 103 Å². The van der Waals surface area contributed by atoms with Crippen molar-refractivity contribution in [2.45, 2.75) is 26.2 Å². The van der Waals surface area contributed by atoms with Gasteiger partial charge in [0.2, 0.25) is 0 Å². The van der Waals surface area contributed by atoms with Crippen LogP contribution < -0.4 is 0 Å². The molecule has 138 valence electrons. The maximum atomic E-state index is 4.42. The molecule has 4 rings (SSSR count). The fourth-order valence-electron chi connectivity index (χ4n) is 3.38. The molecule has 0 N–H and O–H groups in total. The Balaban J connectivity index is 1.55. The zero-order valence-corrected chi connectivity index (χ0v) is 16.7. The van der Waals surface area contributed by atoms with Gasteiger partial charge in [-0.25, -0.2) is 0 Å². The van der Waals surface area contributed by atoms with Crippen LogP contribution in [0.1, 0.15) is 26.3 Å². The summed E-state index contributed by atoms with van der Waals surface area (Å²) in [4.78, 5) is 4.42. The van der Waals surface area contributed by atoms with Crippen molar-refractivity contribution in [1.29, 1.82) is 0 Å². The van der Waals surface area contributed by atoms with E-state index in [0.717, 1.165) is 11.3 Å². The third kappa shape index (κ3) is 3.89. The zero-order valence-electron chi connectivity index (χ0n) is 16.7. The van der Waals surface area contributed by atoms with Crippen LogP contribution in [0.3, 0.4) is 0 Å². The molecule has 0 atom stereocenters. The highest BCUT2D eigenvalue weighted by atomic mass is 14.7. The minimum absolute atomic E-state index is 0.184. The standard InChI is InChI=1S/C27H25N/c1-27(2,3)25-17-15-23(16-18-25)21-9-7-20(8-10-21)22-11-13-24(14-12-22)26-6-4-5-19-28-26/h4-19H,1-3H3. The normalized spacial score (nSPS) is 11.4. The Morgan fingerprint density at radius 3 is 1.32 bits per heavy atom. The summed E-state index contributed by atoms with van der Waals surface area (Å²) in [6.45, 7) is 6.74. The Morgan fingerprint density at radius 2 is 0.929 bits per heavy atom. The van der Waals surface area contributed by atoms with E-state index in [4.69, 9.17) is 0 Å². The van der Waals surface area contributed by atoms with E-state index in [1.807, 2.05) is 24.4 Å². The first-order chi connectivity index (χ1) is 13.5. The molecule has 0 spiro atoms. The van der Waals surface area contributed by atoms with Crippen LogP contribution in [-0.4, -0.2) is 4.98 Å². The Kier molecular flexibility index (Phi) is 4.83. The van der Waals surface area contributed by atoms with E-state index in [-0.39, 0.29) is 5.41 Å². The molecule has 0 radical (unpaired) electrons. The molecule has 0 aliphatic heterocycles. The van der Waals surface area contributed by atoms with Crippen molar-refractivity contribution in [2.24, 2.45) is 0 Å². The summed E-state index contributed by atoms with van der Waals surface area (Å²) in [6, 6.07) is 32.3. The van der Waals surface area contributed by atoms with Gasteiger partial charge in [0.05, 0.1) is 5.69 Å². The first-order valence-corrected chi connectivity index (χ1v) is 9.73. The lowest BCUT2D eigenvalue weighted by molar-refractivity contribution is 0.590. The second-order valence-corrected chi connectivity index (χ2v) is 8.20. The van der Waals surface area contributed by atoms with Gasteiger partial charge in [0.1, 0.15) is 0 Å². The van der Waals surface area contributed by atoms with Gasteiger partial charge < -0.3 is 0 Å². The predicted octanol–water partition coefficient (Wildman–Crippen LogP) is 7.38. The number of hydrogen-bond acceptors (Lipinski definition) is 1. The zero-order chi connectivity index (χ0) is 19.6. The van der Waals surface area contributed by atoms with Crippen molar-refractivity contribution in [1.82, 2.24) is 4.98 Å². The van der Waals surface area contributed by atoms with Crippen LogP contribution in [0.5, 0.6) is 0 Å². The van der Waals surface area contributed by atoms with Gasteiger partial charge >= 0.3 is 0 Å². The first-order valence-electron chi connectivity index (χ1n) is 9.73. The van der Waals surface area contributed by atoms with Crippen LogP contribution in [0.25, 0.3) is 33.5 Å². The molecule has 1 heterocycles. The lowest BCUT2D eigenvalue weighted by Gasteiger charge is -2.19. The molecule has 0 amide bonds. The lowest BCUT2D eigenvalue weighted by Crippen LogP contribution is -2.10. The average molecular weight is 364 g/mol. The van der Waals surface area contributed by atoms with E-state index in [1.165, 1.54) is 27.8 Å². The van der Waals surface area contributed by atoms with E-state index in [1.54, 1.807) is 0 Å². The number of pyridine rings is 1. The predicted molar refractivity (Wildman–Crippen MR) is 119 cm³/mol. The largest absolute Gasteiger partial charge is 0.256 e. The molecule has 4 aromatic rings. The summed E-state index contributed by atoms with van der Waals surface area (Å²) in [7, 11) is 0. The van der Waals surface area contributed by atoms with E-state index >= 15 is 0 Å². The monoisotopic (exact) mass is 363 g/mol. The van der Waals surface area contributed by atoms with Gasteiger partial charge in [-0.05, 0) is 45.4 Å². The van der Waals surface area contributed by atoms with Crippen molar-refractivity contribution in [2.75, 3.05) is 0 Å². The minimum atomic E-state index is 0.184. The Labute approximate surface area is 167 Å². The first kappa shape index (κ1) is 18.2. The van der Waals surface area contributed by atoms with Gasteiger partial charge in [-0.15, -0.1) is 0 Å². The summed E-state index contributed by atoms with van der Waals surface area (Å²) >= 11 is 0. The molecule has 0 saturated carbocycles. The minimum Gasteiger partial charge on any atom is -0.256 e. The molecular formula is C27H25N. The van der Waals surface area contributed by atoms with Crippen LogP contribution in [0.2, 0.25) is 0 Å². The average Bonchev–Trinajstić information content (AvgIpc) is 2.74. The Hall–Kier alpha value is -3.19. The number of aromatic nitrogens is 1. The summed E-state index contributed by atoms with van der Waals surface area (Å²) in [5.41, 5.74) is 8.63. The second-order valence-electron chi connectivity index (χ2n) is 8.20. The van der Waals surface area contributed by atoms with E-state index < -0.39 is 0 Å². The van der Waals surface area contributed by atoms with E-state index in [2.05, 4.69) is 98.6 Å². The Morgan fingerprint density at radius 1 is 0.500 bits per heavy atom. The molecule has 0 bridgehead atoms. The molecule has 0 aliphatic carbocycles. The van der Waals surface area contributed by atoms with E-state index in [0.29, 0.717) is 0 Å². The lowest BCUT2D eigenvalue weighted by atomic mass is 9.86. The number of nitrogens with zero attached hydrogens (tertiary/aromatic N) is 1. The number of hydrogen-bond donors (Lipinski definition) is 0. The molecule has 28 heavy (non-hydrogen) atoms. The summed E-state index contributed by atoms with van der Waals surface area (Å²) in [5.74, 6) is 0. The quantitative estimate of drug-likeness (QED) is 0.370. The van der Waals surface area contributed by atoms with Crippen molar-refractivity contribution in [3.63, 3.8) is 0 Å². The molecule has 0 saturated heterocycles. The van der Waals surface area contributed by atoms with Crippen LogP contribution in [-0.2, 0) is 5.41 Å². The van der Waals surface area contributed by atoms with Gasteiger partial charge in [0, 0.05) is 11.8 Å². The van der Waals surface area contributed by atoms with Crippen LogP contribution in [0.4, 0.5) is 0 Å². The highest BCUT2D eigenvalue weighted by Crippen LogP contribution is 2.29.